The predicted molar refractivity (Wildman–Crippen MR) is 175 cm³/mol. The first-order valence-electron chi connectivity index (χ1n) is 15.2. The fraction of sp³-hybridized carbons (Fsp3) is 0.567. The molecule has 1 aliphatic rings. The molecule has 1 fully saturated rings. The number of nitrogens with two attached hydrogens (primary N) is 2. The Kier molecular flexibility index (Phi) is 16.0. The van der Waals surface area contributed by atoms with Crippen LogP contribution in [0.4, 0.5) is 0 Å². The van der Waals surface area contributed by atoms with Crippen LogP contribution in [0.2, 0.25) is 0 Å². The molecule has 1 aromatic rings. The van der Waals surface area contributed by atoms with Crippen LogP contribution in [0.1, 0.15) is 51.0 Å². The van der Waals surface area contributed by atoms with Gasteiger partial charge >= 0.3 is 5.97 Å². The van der Waals surface area contributed by atoms with Crippen molar-refractivity contribution < 1.29 is 33.9 Å². The largest absolute Gasteiger partial charge is 0.480 e. The molecule has 4 amide bonds. The van der Waals surface area contributed by atoms with Crippen LogP contribution in [-0.2, 0) is 35.2 Å². The number of hydrogen-bond donors (Lipinski definition) is 8. The number of rotatable bonds is 20. The number of benzene rings is 1. The Bertz CT molecular complexity index is 1230. The summed E-state index contributed by atoms with van der Waals surface area (Å²) >= 11 is 4.21. The van der Waals surface area contributed by atoms with Gasteiger partial charge in [-0.1, -0.05) is 37.3 Å². The van der Waals surface area contributed by atoms with Gasteiger partial charge in [0, 0.05) is 31.7 Å². The van der Waals surface area contributed by atoms with E-state index < -0.39 is 47.4 Å². The van der Waals surface area contributed by atoms with Gasteiger partial charge in [-0.3, -0.25) is 29.1 Å². The Morgan fingerprint density at radius 1 is 1.13 bits per heavy atom. The normalized spacial score (nSPS) is 17.0. The number of nitrogens with one attached hydrogen (secondary N) is 4. The van der Waals surface area contributed by atoms with Gasteiger partial charge in [0.15, 0.2) is 5.96 Å². The minimum atomic E-state index is -1.52. The van der Waals surface area contributed by atoms with Crippen molar-refractivity contribution in [2.45, 2.75) is 75.5 Å². The van der Waals surface area contributed by atoms with Gasteiger partial charge in [0.05, 0.1) is 12.6 Å². The number of aldehydes is 1. The lowest BCUT2D eigenvalue weighted by Crippen LogP contribution is -2.64. The maximum absolute atomic E-state index is 13.5. The molecule has 0 aromatic heterocycles. The molecule has 9 N–H and O–H groups in total. The third-order valence-electron chi connectivity index (χ3n) is 7.43. The maximum atomic E-state index is 13.5. The predicted octanol–water partition coefficient (Wildman–Crippen LogP) is -1.30. The van der Waals surface area contributed by atoms with E-state index in [0.717, 1.165) is 5.56 Å². The highest BCUT2D eigenvalue weighted by Gasteiger charge is 2.41. The number of carboxylic acid groups (broad SMARTS) is 1. The number of aliphatic imine (C=N–C) groups is 1. The van der Waals surface area contributed by atoms with Gasteiger partial charge in [-0.15, -0.1) is 0 Å². The zero-order valence-electron chi connectivity index (χ0n) is 26.1. The van der Waals surface area contributed by atoms with Crippen LogP contribution in [0.5, 0.6) is 0 Å². The molecule has 254 valence electrons. The van der Waals surface area contributed by atoms with Crippen molar-refractivity contribution in [2.75, 3.05) is 31.9 Å². The summed E-state index contributed by atoms with van der Waals surface area (Å²) in [6.45, 7) is 2.08. The van der Waals surface area contributed by atoms with Crippen molar-refractivity contribution >= 4 is 54.5 Å². The Balaban J connectivity index is 2.22. The lowest BCUT2D eigenvalue weighted by Gasteiger charge is -2.37. The first kappa shape index (κ1) is 38.0. The summed E-state index contributed by atoms with van der Waals surface area (Å²) in [6, 6.07) is 5.96. The van der Waals surface area contributed by atoms with Crippen LogP contribution >= 0.6 is 12.6 Å². The molecule has 1 aromatic carbocycles. The van der Waals surface area contributed by atoms with Gasteiger partial charge < -0.3 is 42.6 Å². The van der Waals surface area contributed by atoms with Crippen LogP contribution in [0.25, 0.3) is 0 Å². The van der Waals surface area contributed by atoms with Crippen molar-refractivity contribution in [1.82, 2.24) is 26.2 Å². The van der Waals surface area contributed by atoms with Crippen LogP contribution in [-0.4, -0.2) is 107 Å². The average Bonchev–Trinajstić information content (AvgIpc) is 3.48. The van der Waals surface area contributed by atoms with Crippen molar-refractivity contribution in [2.24, 2.45) is 16.5 Å². The number of nitrogens with zero attached hydrogens (tertiary/aromatic N) is 2. The van der Waals surface area contributed by atoms with Crippen LogP contribution in [0.3, 0.4) is 0 Å². The third-order valence-corrected chi connectivity index (χ3v) is 7.79. The summed E-state index contributed by atoms with van der Waals surface area (Å²) in [4.78, 5) is 81.4. The van der Waals surface area contributed by atoms with E-state index in [2.05, 4.69) is 38.9 Å². The Hall–Kier alpha value is -4.18. The highest BCUT2D eigenvalue weighted by molar-refractivity contribution is 7.80. The van der Waals surface area contributed by atoms with Crippen LogP contribution in [0.15, 0.2) is 35.3 Å². The van der Waals surface area contributed by atoms with Gasteiger partial charge in [0.2, 0.25) is 23.6 Å². The number of carbonyl (C=O) groups is 6. The highest BCUT2D eigenvalue weighted by Crippen LogP contribution is 2.23. The quantitative estimate of drug-likeness (QED) is 0.0270. The number of carboxylic acids is 1. The molecule has 1 saturated heterocycles. The second-order valence-corrected chi connectivity index (χ2v) is 11.6. The van der Waals surface area contributed by atoms with E-state index in [9.17, 15) is 33.9 Å². The number of amides is 4. The molecular weight excluding hydrogens is 616 g/mol. The van der Waals surface area contributed by atoms with Gasteiger partial charge in [0.1, 0.15) is 23.9 Å². The van der Waals surface area contributed by atoms with E-state index in [1.165, 1.54) is 0 Å². The molecule has 2 rings (SSSR count). The van der Waals surface area contributed by atoms with E-state index in [1.807, 2.05) is 13.0 Å². The Labute approximate surface area is 274 Å². The molecule has 0 radical (unpaired) electrons. The molecule has 16 heteroatoms. The molecular formula is C30H46N8O7S. The molecule has 4 atom stereocenters. The fourth-order valence-corrected chi connectivity index (χ4v) is 5.44. The van der Waals surface area contributed by atoms with E-state index >= 15 is 0 Å². The van der Waals surface area contributed by atoms with E-state index in [4.69, 9.17) is 11.5 Å². The first-order valence-corrected chi connectivity index (χ1v) is 15.9. The third kappa shape index (κ3) is 12.7. The molecule has 15 nitrogen and oxygen atoms in total. The monoisotopic (exact) mass is 662 g/mol. The summed E-state index contributed by atoms with van der Waals surface area (Å²) in [5, 5.41) is 20.1. The number of thiol groups is 1. The molecule has 1 heterocycles. The maximum Gasteiger partial charge on any atom is 0.326 e. The number of carbonyl (C=O) groups excluding carboxylic acids is 5. The van der Waals surface area contributed by atoms with Crippen molar-refractivity contribution in [3.05, 3.63) is 35.9 Å². The summed E-state index contributed by atoms with van der Waals surface area (Å²) in [5.41, 5.74) is 9.85. The van der Waals surface area contributed by atoms with Crippen LogP contribution in [0, 0.1) is 0 Å². The number of likely N-dealkylation sites (tertiary alicyclic amines) is 1. The SMILES string of the molecule is CCCC(=O)NCC(=O)NC(CS)C(=O)NC(C=O)(Cc1ccccc1)CN1CCCC1C(=O)NC(CCCN=C(N)N)C(=O)O. The minimum absolute atomic E-state index is 0.0578. The van der Waals surface area contributed by atoms with Crippen molar-refractivity contribution in [1.29, 1.82) is 0 Å². The number of guanidine groups is 1. The zero-order valence-corrected chi connectivity index (χ0v) is 27.0. The van der Waals surface area contributed by atoms with Gasteiger partial charge in [0.25, 0.3) is 0 Å². The minimum Gasteiger partial charge on any atom is -0.480 e. The van der Waals surface area contributed by atoms with E-state index in [0.29, 0.717) is 38.5 Å². The lowest BCUT2D eigenvalue weighted by atomic mass is 9.90. The van der Waals surface area contributed by atoms with Crippen LogP contribution < -0.4 is 32.7 Å². The number of aliphatic carboxylic acids is 1. The molecule has 1 aliphatic heterocycles. The molecule has 0 saturated carbocycles. The zero-order chi connectivity index (χ0) is 34.1. The molecule has 0 aliphatic carbocycles. The van der Waals surface area contributed by atoms with E-state index in [1.54, 1.807) is 29.2 Å². The second-order valence-electron chi connectivity index (χ2n) is 11.2. The summed E-state index contributed by atoms with van der Waals surface area (Å²) in [7, 11) is 0. The molecule has 46 heavy (non-hydrogen) atoms. The van der Waals surface area contributed by atoms with Gasteiger partial charge in [-0.25, -0.2) is 4.79 Å². The standard InChI is InChI=1S/C30H46N8O7S/c1-2-8-24(40)34-16-25(41)35-22(17-46)26(42)37-30(19-39,15-20-9-4-3-5-10-20)18-38-14-7-12-23(38)27(43)36-21(28(44)45)11-6-13-33-29(31)32/h3-5,9-10,19,21-23,46H,2,6-8,11-18H2,1H3,(H,34,40)(H,35,41)(H,36,43)(H,37,42)(H,44,45)(H4,31,32,33). The summed E-state index contributed by atoms with van der Waals surface area (Å²) < 4.78 is 0. The topological polar surface area (TPSA) is 238 Å². The summed E-state index contributed by atoms with van der Waals surface area (Å²) in [6.07, 6.45) is 3.03. The first-order chi connectivity index (χ1) is 21.9. The average molecular weight is 663 g/mol. The molecule has 0 bridgehead atoms. The van der Waals surface area contributed by atoms with Gasteiger partial charge in [-0.2, -0.15) is 12.6 Å². The van der Waals surface area contributed by atoms with Crippen molar-refractivity contribution in [3.63, 3.8) is 0 Å². The van der Waals surface area contributed by atoms with E-state index in [-0.39, 0.29) is 56.5 Å². The van der Waals surface area contributed by atoms with Crippen molar-refractivity contribution in [3.8, 4) is 0 Å². The molecule has 0 spiro atoms. The second kappa shape index (κ2) is 19.4. The fourth-order valence-electron chi connectivity index (χ4n) is 5.18. The Morgan fingerprint density at radius 2 is 1.85 bits per heavy atom. The Morgan fingerprint density at radius 3 is 2.46 bits per heavy atom. The highest BCUT2D eigenvalue weighted by atomic mass is 32.1. The lowest BCUT2D eigenvalue weighted by molar-refractivity contribution is -0.143. The number of hydrogen-bond acceptors (Lipinski definition) is 9. The van der Waals surface area contributed by atoms with Gasteiger partial charge in [-0.05, 0) is 44.2 Å². The summed E-state index contributed by atoms with van der Waals surface area (Å²) in [5.74, 6) is -3.47. The smallest absolute Gasteiger partial charge is 0.326 e. The molecule has 4 unspecified atom stereocenters.